The number of hydrogen-bond acceptors (Lipinski definition) is 1. The fourth-order valence-electron chi connectivity index (χ4n) is 4.52. The Morgan fingerprint density at radius 1 is 0.897 bits per heavy atom. The first-order valence-electron chi connectivity index (χ1n) is 10.4. The second kappa shape index (κ2) is 7.25. The molecule has 2 heterocycles. The van der Waals surface area contributed by atoms with E-state index in [1.54, 1.807) is 0 Å². The minimum atomic E-state index is -0.0726. The van der Waals surface area contributed by atoms with E-state index < -0.39 is 0 Å². The van der Waals surface area contributed by atoms with Crippen molar-refractivity contribution < 1.29 is 4.79 Å². The zero-order valence-corrected chi connectivity index (χ0v) is 16.6. The number of fused-ring (bicyclic) bond motifs is 2. The van der Waals surface area contributed by atoms with Gasteiger partial charge >= 0.3 is 0 Å². The summed E-state index contributed by atoms with van der Waals surface area (Å²) in [4.78, 5) is 19.0. The third-order valence-corrected chi connectivity index (χ3v) is 5.89. The molecule has 1 aliphatic rings. The van der Waals surface area contributed by atoms with Gasteiger partial charge in [0.05, 0.1) is 11.7 Å². The van der Waals surface area contributed by atoms with Gasteiger partial charge in [-0.05, 0) is 29.7 Å². The Morgan fingerprint density at radius 2 is 1.62 bits per heavy atom. The molecule has 3 heteroatoms. The molecule has 0 fully saturated rings. The molecule has 4 aromatic rings. The minimum Gasteiger partial charge on any atom is -0.354 e. The Bertz CT molecular complexity index is 1180. The molecule has 3 aromatic carbocycles. The molecule has 1 amide bonds. The lowest BCUT2D eigenvalue weighted by molar-refractivity contribution is 0.0748. The fourth-order valence-corrected chi connectivity index (χ4v) is 4.52. The summed E-state index contributed by atoms with van der Waals surface area (Å²) in [6, 6.07) is 26.8. The van der Waals surface area contributed by atoms with Gasteiger partial charge in [-0.25, -0.2) is 0 Å². The van der Waals surface area contributed by atoms with Gasteiger partial charge in [-0.3, -0.25) is 4.79 Å². The van der Waals surface area contributed by atoms with Crippen LogP contribution in [0.1, 0.15) is 47.3 Å². The van der Waals surface area contributed by atoms with E-state index >= 15 is 0 Å². The highest BCUT2D eigenvalue weighted by atomic mass is 16.2. The largest absolute Gasteiger partial charge is 0.354 e. The van der Waals surface area contributed by atoms with Crippen molar-refractivity contribution in [2.75, 3.05) is 6.54 Å². The molecule has 1 aromatic heterocycles. The average Bonchev–Trinajstić information content (AvgIpc) is 3.28. The van der Waals surface area contributed by atoms with Crippen LogP contribution >= 0.6 is 0 Å². The van der Waals surface area contributed by atoms with Crippen LogP contribution in [0.4, 0.5) is 0 Å². The highest BCUT2D eigenvalue weighted by Gasteiger charge is 2.39. The third kappa shape index (κ3) is 2.85. The maximum atomic E-state index is 13.3. The van der Waals surface area contributed by atoms with Crippen LogP contribution in [0.2, 0.25) is 0 Å². The van der Waals surface area contributed by atoms with Gasteiger partial charge in [-0.2, -0.15) is 0 Å². The Balaban J connectivity index is 1.78. The highest BCUT2D eigenvalue weighted by Crippen LogP contribution is 2.45. The van der Waals surface area contributed by atoms with E-state index in [-0.39, 0.29) is 11.9 Å². The van der Waals surface area contributed by atoms with Crippen molar-refractivity contribution in [2.24, 2.45) is 0 Å². The molecule has 3 nitrogen and oxygen atoms in total. The summed E-state index contributed by atoms with van der Waals surface area (Å²) in [5.41, 5.74) is 6.48. The molecule has 0 saturated heterocycles. The Kier molecular flexibility index (Phi) is 4.44. The molecule has 29 heavy (non-hydrogen) atoms. The van der Waals surface area contributed by atoms with Crippen LogP contribution in [0.25, 0.3) is 22.2 Å². The number of unbranched alkanes of at least 4 members (excludes halogenated alkanes) is 1. The lowest BCUT2D eigenvalue weighted by Gasteiger charge is -2.26. The number of aromatic amines is 1. The number of nitrogens with one attached hydrogen (secondary N) is 1. The maximum absolute atomic E-state index is 13.3. The second-order valence-corrected chi connectivity index (χ2v) is 7.67. The van der Waals surface area contributed by atoms with Crippen molar-refractivity contribution in [3.63, 3.8) is 0 Å². The van der Waals surface area contributed by atoms with Crippen molar-refractivity contribution >= 4 is 16.8 Å². The first-order valence-corrected chi connectivity index (χ1v) is 10.4. The van der Waals surface area contributed by atoms with Gasteiger partial charge in [0, 0.05) is 28.6 Å². The monoisotopic (exact) mass is 380 g/mol. The predicted octanol–water partition coefficient (Wildman–Crippen LogP) is 6.18. The van der Waals surface area contributed by atoms with E-state index in [4.69, 9.17) is 0 Å². The summed E-state index contributed by atoms with van der Waals surface area (Å²) < 4.78 is 0. The number of benzene rings is 3. The van der Waals surface area contributed by atoms with Crippen molar-refractivity contribution in [1.29, 1.82) is 0 Å². The molecule has 0 aliphatic carbocycles. The van der Waals surface area contributed by atoms with Gasteiger partial charge in [0.25, 0.3) is 5.91 Å². The van der Waals surface area contributed by atoms with E-state index in [1.165, 1.54) is 10.9 Å². The SMILES string of the molecule is CCCCN1C(=O)c2ccccc2[C@H]1c1c(-c2ccccc2)[nH]c2ccccc12. The van der Waals surface area contributed by atoms with Crippen LogP contribution in [-0.2, 0) is 0 Å². The molecule has 0 unspecified atom stereocenters. The van der Waals surface area contributed by atoms with Crippen LogP contribution in [0, 0.1) is 0 Å². The van der Waals surface area contributed by atoms with Crippen LogP contribution < -0.4 is 0 Å². The first kappa shape index (κ1) is 17.7. The van der Waals surface area contributed by atoms with Gasteiger partial charge in [0.15, 0.2) is 0 Å². The zero-order valence-electron chi connectivity index (χ0n) is 16.6. The summed E-state index contributed by atoms with van der Waals surface area (Å²) in [7, 11) is 0. The van der Waals surface area contributed by atoms with Gasteiger partial charge < -0.3 is 9.88 Å². The summed E-state index contributed by atoms with van der Waals surface area (Å²) in [5.74, 6) is 0.142. The minimum absolute atomic E-state index is 0.0726. The van der Waals surface area contributed by atoms with Crippen molar-refractivity contribution in [3.05, 3.63) is 95.6 Å². The predicted molar refractivity (Wildman–Crippen MR) is 118 cm³/mol. The maximum Gasteiger partial charge on any atom is 0.255 e. The first-order chi connectivity index (χ1) is 14.3. The molecule has 0 radical (unpaired) electrons. The lowest BCUT2D eigenvalue weighted by atomic mass is 9.93. The normalized spacial score (nSPS) is 15.8. The van der Waals surface area contributed by atoms with Crippen LogP contribution in [0.15, 0.2) is 78.9 Å². The molecule has 144 valence electrons. The number of amides is 1. The molecule has 1 aliphatic heterocycles. The molecule has 1 N–H and O–H groups in total. The van der Waals surface area contributed by atoms with E-state index in [0.29, 0.717) is 0 Å². The number of nitrogens with zero attached hydrogens (tertiary/aromatic N) is 1. The standard InChI is InChI=1S/C26H24N2O/c1-2-3-17-28-25(19-13-7-8-14-20(19)26(28)29)23-21-15-9-10-16-22(21)27-24(23)18-11-5-4-6-12-18/h4-16,25,27H,2-3,17H2,1H3/t25-/m0/s1. The van der Waals surface area contributed by atoms with Gasteiger partial charge in [0.2, 0.25) is 0 Å². The third-order valence-electron chi connectivity index (χ3n) is 5.89. The Hall–Kier alpha value is -3.33. The molecule has 5 rings (SSSR count). The summed E-state index contributed by atoms with van der Waals surface area (Å²) >= 11 is 0. The quantitative estimate of drug-likeness (QED) is 0.441. The topological polar surface area (TPSA) is 36.1 Å². The number of H-pyrrole nitrogens is 1. The lowest BCUT2D eigenvalue weighted by Crippen LogP contribution is -2.30. The molecule has 1 atom stereocenters. The summed E-state index contributed by atoms with van der Waals surface area (Å²) in [6.07, 6.45) is 2.06. The number of aromatic nitrogens is 1. The van der Waals surface area contributed by atoms with Gasteiger partial charge in [-0.15, -0.1) is 0 Å². The fraction of sp³-hybridized carbons (Fsp3) is 0.192. The smallest absolute Gasteiger partial charge is 0.255 e. The van der Waals surface area contributed by atoms with Crippen LogP contribution in [0.3, 0.4) is 0 Å². The van der Waals surface area contributed by atoms with Gasteiger partial charge in [0.1, 0.15) is 0 Å². The van der Waals surface area contributed by atoms with E-state index in [9.17, 15) is 4.79 Å². The number of carbonyl (C=O) groups is 1. The number of rotatable bonds is 5. The molecule has 0 spiro atoms. The Morgan fingerprint density at radius 3 is 2.45 bits per heavy atom. The van der Waals surface area contributed by atoms with Crippen molar-refractivity contribution in [3.8, 4) is 11.3 Å². The van der Waals surface area contributed by atoms with Gasteiger partial charge in [-0.1, -0.05) is 80.1 Å². The van der Waals surface area contributed by atoms with E-state index in [1.807, 2.05) is 24.3 Å². The van der Waals surface area contributed by atoms with E-state index in [2.05, 4.69) is 71.4 Å². The highest BCUT2D eigenvalue weighted by molar-refractivity contribution is 6.02. The molecule has 0 bridgehead atoms. The number of hydrogen-bond donors (Lipinski definition) is 1. The number of para-hydroxylation sites is 1. The zero-order chi connectivity index (χ0) is 19.8. The van der Waals surface area contributed by atoms with Crippen LogP contribution in [-0.4, -0.2) is 22.3 Å². The molecule has 0 saturated carbocycles. The van der Waals surface area contributed by atoms with Crippen molar-refractivity contribution in [1.82, 2.24) is 9.88 Å². The molecular formula is C26H24N2O. The molecular weight excluding hydrogens is 356 g/mol. The average molecular weight is 380 g/mol. The van der Waals surface area contributed by atoms with Crippen molar-refractivity contribution in [2.45, 2.75) is 25.8 Å². The van der Waals surface area contributed by atoms with E-state index in [0.717, 1.165) is 47.3 Å². The second-order valence-electron chi connectivity index (χ2n) is 7.67. The Labute approximate surface area is 171 Å². The van der Waals surface area contributed by atoms with Crippen LogP contribution in [0.5, 0.6) is 0 Å². The summed E-state index contributed by atoms with van der Waals surface area (Å²) in [6.45, 7) is 2.94. The number of carbonyl (C=O) groups excluding carboxylic acids is 1. The summed E-state index contributed by atoms with van der Waals surface area (Å²) in [5, 5.41) is 1.18.